The van der Waals surface area contributed by atoms with E-state index in [9.17, 15) is 19.5 Å². The van der Waals surface area contributed by atoms with Crippen molar-refractivity contribution >= 4 is 40.3 Å². The van der Waals surface area contributed by atoms with Crippen molar-refractivity contribution in [1.29, 1.82) is 0 Å². The van der Waals surface area contributed by atoms with Gasteiger partial charge in [-0.15, -0.1) is 0 Å². The van der Waals surface area contributed by atoms with Crippen LogP contribution in [0.25, 0.3) is 33.5 Å². The summed E-state index contributed by atoms with van der Waals surface area (Å²) in [6, 6.07) is 15.5. The maximum atomic E-state index is 13.0. The number of piperidine rings is 2. The van der Waals surface area contributed by atoms with E-state index in [4.69, 9.17) is 14.6 Å². The summed E-state index contributed by atoms with van der Waals surface area (Å²) in [5.74, 6) is 0.293. The molecule has 17 nitrogen and oxygen atoms in total. The molecule has 0 bridgehead atoms. The maximum absolute atomic E-state index is 13.0. The fourth-order valence-electron chi connectivity index (χ4n) is 9.72. The van der Waals surface area contributed by atoms with E-state index in [-0.39, 0.29) is 29.9 Å². The first-order valence-electron chi connectivity index (χ1n) is 22.7. The zero-order valence-electron chi connectivity index (χ0n) is 38.0. The molecule has 4 N–H and O–H groups in total. The lowest BCUT2D eigenvalue weighted by Crippen LogP contribution is -2.49. The lowest BCUT2D eigenvalue weighted by molar-refractivity contribution is -0.120. The summed E-state index contributed by atoms with van der Waals surface area (Å²) in [5.41, 5.74) is 9.38. The van der Waals surface area contributed by atoms with Crippen molar-refractivity contribution in [3.05, 3.63) is 89.1 Å². The molecule has 0 radical (unpaired) electrons. The van der Waals surface area contributed by atoms with Crippen molar-refractivity contribution in [1.82, 2.24) is 50.4 Å². The van der Waals surface area contributed by atoms with Crippen LogP contribution in [0.5, 0.6) is 0 Å². The van der Waals surface area contributed by atoms with Gasteiger partial charge in [0.2, 0.25) is 5.91 Å². The van der Waals surface area contributed by atoms with E-state index in [1.807, 2.05) is 58.0 Å². The zero-order valence-corrected chi connectivity index (χ0v) is 38.0. The number of benzene rings is 2. The van der Waals surface area contributed by atoms with Gasteiger partial charge in [0, 0.05) is 84.7 Å². The predicted molar refractivity (Wildman–Crippen MR) is 246 cm³/mol. The van der Waals surface area contributed by atoms with Gasteiger partial charge < -0.3 is 29.7 Å². The molecule has 1 atom stereocenters. The molecule has 0 spiro atoms. The number of anilines is 2. The Hall–Kier alpha value is -6.46. The first-order valence-corrected chi connectivity index (χ1v) is 22.7. The van der Waals surface area contributed by atoms with Crippen LogP contribution in [0.2, 0.25) is 0 Å². The van der Waals surface area contributed by atoms with E-state index < -0.39 is 11.9 Å². The Kier molecular flexibility index (Phi) is 12.0. The summed E-state index contributed by atoms with van der Waals surface area (Å²) >= 11 is 0. The van der Waals surface area contributed by atoms with Crippen LogP contribution in [0.1, 0.15) is 111 Å². The number of urea groups is 1. The molecule has 0 saturated carbocycles. The number of nitrogens with zero attached hydrogens (tertiary/aromatic N) is 9. The highest BCUT2D eigenvalue weighted by Crippen LogP contribution is 2.37. The highest BCUT2D eigenvalue weighted by atomic mass is 16.5. The van der Waals surface area contributed by atoms with Crippen LogP contribution in [0.4, 0.5) is 16.2 Å². The molecule has 3 aliphatic rings. The molecule has 0 aliphatic carbocycles. The van der Waals surface area contributed by atoms with Crippen molar-refractivity contribution in [2.24, 2.45) is 5.92 Å². The number of aliphatic hydroxyl groups excluding tert-OH is 1. The van der Waals surface area contributed by atoms with Crippen LogP contribution >= 0.6 is 0 Å². The molecule has 2 aromatic carbocycles. The third-order valence-corrected chi connectivity index (χ3v) is 13.3. The predicted octanol–water partition coefficient (Wildman–Crippen LogP) is 6.77. The maximum Gasteiger partial charge on any atom is 0.328 e. The highest BCUT2D eigenvalue weighted by molar-refractivity contribution is 6.05. The Morgan fingerprint density at radius 1 is 0.954 bits per heavy atom. The lowest BCUT2D eigenvalue weighted by atomic mass is 9.94. The number of carbonyl (C=O) groups excluding carboxylic acids is 3. The van der Waals surface area contributed by atoms with Gasteiger partial charge >= 0.3 is 17.8 Å². The van der Waals surface area contributed by atoms with Crippen LogP contribution in [0, 0.1) is 19.8 Å². The number of hydrogen-bond donors (Lipinski definition) is 4. The van der Waals surface area contributed by atoms with E-state index in [0.29, 0.717) is 42.0 Å². The first-order chi connectivity index (χ1) is 31.2. The van der Waals surface area contributed by atoms with Gasteiger partial charge in [0.25, 0.3) is 0 Å². The highest BCUT2D eigenvalue weighted by Gasteiger charge is 2.30. The van der Waals surface area contributed by atoms with E-state index in [2.05, 4.69) is 77.3 Å². The standard InChI is InChI=1S/C48H58N12O5/c1-28(51-44(63)45-54-46(56-65-45)48(4,5)6)37-12-7-32(23-33(37)26-61)42-38-24-39(52-43(38)50-27-49-42)41-29(2)55-60(30(41)3)36-15-18-57(19-16-36)25-31-13-20-58(21-14-31)34-8-10-35(11-9-34)59-22-17-40(62)53-47(59)64/h7-12,23-24,27-28,31,36,61H,13-22,25-26H2,1-6H3,(H,51,63)(H,49,50,52)(H,53,62,64). The Morgan fingerprint density at radius 3 is 2.38 bits per heavy atom. The van der Waals surface area contributed by atoms with Gasteiger partial charge in [-0.25, -0.2) is 14.8 Å². The number of rotatable bonds is 11. The molecular weight excluding hydrogens is 825 g/mol. The molecular formula is C48H58N12O5. The molecule has 7 heterocycles. The van der Waals surface area contributed by atoms with E-state index in [1.165, 1.54) is 5.69 Å². The molecule has 3 fully saturated rings. The summed E-state index contributed by atoms with van der Waals surface area (Å²) in [4.78, 5) is 60.7. The van der Waals surface area contributed by atoms with Gasteiger partial charge in [0.05, 0.1) is 35.8 Å². The second-order valence-corrected chi connectivity index (χ2v) is 18.8. The molecule has 6 aromatic rings. The number of fused-ring (bicyclic) bond motifs is 1. The average Bonchev–Trinajstić information content (AvgIpc) is 4.04. The number of likely N-dealkylation sites (tertiary alicyclic amines) is 1. The monoisotopic (exact) mass is 882 g/mol. The SMILES string of the molecule is Cc1nn(C2CCN(CC3CCN(c4ccc(N5CCC(=O)NC5=O)cc4)CC3)CC2)c(C)c1-c1cc2c(-c3ccc(C(C)NC(=O)c4nc(C(C)(C)C)no4)c(CO)c3)ncnc2[nH]1. The number of imide groups is 1. The van der Waals surface area contributed by atoms with Crippen molar-refractivity contribution in [2.75, 3.05) is 49.1 Å². The van der Waals surface area contributed by atoms with Gasteiger partial charge in [0.15, 0.2) is 5.82 Å². The van der Waals surface area contributed by atoms with Gasteiger partial charge in [-0.1, -0.05) is 38.1 Å². The van der Waals surface area contributed by atoms with Crippen molar-refractivity contribution in [2.45, 2.75) is 97.8 Å². The summed E-state index contributed by atoms with van der Waals surface area (Å²) in [7, 11) is 0. The molecule has 65 heavy (non-hydrogen) atoms. The molecule has 1 unspecified atom stereocenters. The normalized spacial score (nSPS) is 17.5. The van der Waals surface area contributed by atoms with Crippen LogP contribution < -0.4 is 20.4 Å². The Balaban J connectivity index is 0.815. The molecule has 17 heteroatoms. The topological polar surface area (TPSA) is 204 Å². The first kappa shape index (κ1) is 43.8. The number of nitrogens with one attached hydrogen (secondary N) is 3. The van der Waals surface area contributed by atoms with E-state index in [0.717, 1.165) is 109 Å². The van der Waals surface area contributed by atoms with E-state index >= 15 is 0 Å². The lowest BCUT2D eigenvalue weighted by Gasteiger charge is -2.38. The molecule has 4 aromatic heterocycles. The van der Waals surface area contributed by atoms with Crippen molar-refractivity contribution in [3.63, 3.8) is 0 Å². The Labute approximate surface area is 378 Å². The molecule has 9 rings (SSSR count). The molecule has 3 aliphatic heterocycles. The minimum atomic E-state index is -0.483. The van der Waals surface area contributed by atoms with Gasteiger partial charge in [-0.2, -0.15) is 10.1 Å². The second-order valence-electron chi connectivity index (χ2n) is 18.8. The van der Waals surface area contributed by atoms with Gasteiger partial charge in [-0.05, 0) is 99.9 Å². The number of amides is 4. The van der Waals surface area contributed by atoms with Crippen molar-refractivity contribution < 1.29 is 24.0 Å². The Morgan fingerprint density at radius 2 is 1.69 bits per heavy atom. The zero-order chi connectivity index (χ0) is 45.6. The second kappa shape index (κ2) is 17.8. The van der Waals surface area contributed by atoms with Crippen LogP contribution in [-0.2, 0) is 16.8 Å². The quantitative estimate of drug-likeness (QED) is 0.107. The third-order valence-electron chi connectivity index (χ3n) is 13.3. The summed E-state index contributed by atoms with van der Waals surface area (Å²) < 4.78 is 7.47. The minimum absolute atomic E-state index is 0.105. The average molecular weight is 883 g/mol. The number of H-pyrrole nitrogens is 1. The fraction of sp³-hybridized carbons (Fsp3) is 0.458. The smallest absolute Gasteiger partial charge is 0.328 e. The Bertz CT molecular complexity index is 2720. The number of aliphatic hydroxyl groups is 1. The minimum Gasteiger partial charge on any atom is -0.392 e. The molecule has 340 valence electrons. The molecule has 4 amide bonds. The number of aromatic amines is 1. The summed E-state index contributed by atoms with van der Waals surface area (Å²) in [6.45, 7) is 17.3. The number of carbonyl (C=O) groups is 3. The largest absolute Gasteiger partial charge is 0.392 e. The number of hydrogen-bond acceptors (Lipinski definition) is 12. The van der Waals surface area contributed by atoms with Crippen molar-refractivity contribution in [3.8, 4) is 22.5 Å². The van der Waals surface area contributed by atoms with Crippen LogP contribution in [0.15, 0.2) is 59.4 Å². The van der Waals surface area contributed by atoms with Crippen LogP contribution in [0.3, 0.4) is 0 Å². The fourth-order valence-corrected chi connectivity index (χ4v) is 9.72. The molecule has 3 saturated heterocycles. The summed E-state index contributed by atoms with van der Waals surface area (Å²) in [6.07, 6.45) is 6.23. The van der Waals surface area contributed by atoms with E-state index in [1.54, 1.807) is 11.2 Å². The van der Waals surface area contributed by atoms with Gasteiger partial charge in [-0.3, -0.25) is 24.5 Å². The number of aryl methyl sites for hydroxylation is 1. The summed E-state index contributed by atoms with van der Waals surface area (Å²) in [5, 5.41) is 25.7. The van der Waals surface area contributed by atoms with Gasteiger partial charge in [0.1, 0.15) is 12.0 Å². The third kappa shape index (κ3) is 8.99. The van der Waals surface area contributed by atoms with Crippen LogP contribution in [-0.4, -0.2) is 102 Å². The number of aromatic nitrogens is 7.